The molecule has 2 atom stereocenters. The number of phenolic OH excluding ortho intramolecular Hbond substituents is 2. The summed E-state index contributed by atoms with van der Waals surface area (Å²) < 4.78 is 5.59. The number of fused-ring (bicyclic) bond motifs is 4. The SMILES string of the molecule is CC1=C(C)C2=CC(=O)c3c(O)c4c(c(O)c3[C@]2(C)CC1=O)OC[C@@H]4C. The molecule has 0 saturated heterocycles. The van der Waals surface area contributed by atoms with Gasteiger partial charge in [0.2, 0.25) is 0 Å². The van der Waals surface area contributed by atoms with Gasteiger partial charge in [0.1, 0.15) is 5.75 Å². The zero-order chi connectivity index (χ0) is 18.3. The van der Waals surface area contributed by atoms with Crippen LogP contribution in [0.5, 0.6) is 17.2 Å². The normalized spacial score (nSPS) is 27.5. The minimum absolute atomic E-state index is 0.0221. The first-order valence-electron chi connectivity index (χ1n) is 8.41. The Hall–Kier alpha value is -2.56. The van der Waals surface area contributed by atoms with Crippen LogP contribution >= 0.6 is 0 Å². The highest BCUT2D eigenvalue weighted by molar-refractivity contribution is 6.13. The molecule has 4 rings (SSSR count). The molecule has 0 saturated carbocycles. The third-order valence-electron chi connectivity index (χ3n) is 5.98. The van der Waals surface area contributed by atoms with Crippen molar-refractivity contribution < 1.29 is 24.5 Å². The van der Waals surface area contributed by atoms with Crippen LogP contribution < -0.4 is 4.74 Å². The maximum atomic E-state index is 12.8. The van der Waals surface area contributed by atoms with Crippen LogP contribution in [-0.2, 0) is 10.2 Å². The van der Waals surface area contributed by atoms with Gasteiger partial charge < -0.3 is 14.9 Å². The minimum atomic E-state index is -0.865. The number of aromatic hydroxyl groups is 2. The zero-order valence-electron chi connectivity index (χ0n) is 14.7. The molecule has 130 valence electrons. The molecule has 1 aromatic rings. The first-order valence-corrected chi connectivity index (χ1v) is 8.41. The molecule has 0 amide bonds. The van der Waals surface area contributed by atoms with Gasteiger partial charge >= 0.3 is 0 Å². The number of hydrogen-bond donors (Lipinski definition) is 2. The Labute approximate surface area is 145 Å². The Morgan fingerprint density at radius 3 is 2.52 bits per heavy atom. The quantitative estimate of drug-likeness (QED) is 0.708. The van der Waals surface area contributed by atoms with E-state index in [2.05, 4.69) is 0 Å². The number of ether oxygens (including phenoxy) is 1. The van der Waals surface area contributed by atoms with Gasteiger partial charge in [0, 0.05) is 28.9 Å². The fraction of sp³-hybridized carbons (Fsp3) is 0.400. The molecule has 1 aromatic carbocycles. The van der Waals surface area contributed by atoms with E-state index in [1.54, 1.807) is 6.92 Å². The summed E-state index contributed by atoms with van der Waals surface area (Å²) in [6.45, 7) is 7.61. The summed E-state index contributed by atoms with van der Waals surface area (Å²) in [7, 11) is 0. The van der Waals surface area contributed by atoms with Gasteiger partial charge in [-0.25, -0.2) is 0 Å². The average molecular weight is 340 g/mol. The predicted molar refractivity (Wildman–Crippen MR) is 91.4 cm³/mol. The van der Waals surface area contributed by atoms with Crippen molar-refractivity contribution in [3.63, 3.8) is 0 Å². The maximum Gasteiger partial charge on any atom is 0.190 e. The molecule has 1 aliphatic heterocycles. The molecule has 0 spiro atoms. The third-order valence-corrected chi connectivity index (χ3v) is 5.98. The molecule has 5 heteroatoms. The molecule has 0 bridgehead atoms. The highest BCUT2D eigenvalue weighted by Gasteiger charge is 2.49. The second-order valence-corrected chi connectivity index (χ2v) is 7.51. The summed E-state index contributed by atoms with van der Waals surface area (Å²) in [5.41, 5.74) is 2.12. The zero-order valence-corrected chi connectivity index (χ0v) is 14.7. The van der Waals surface area contributed by atoms with Crippen LogP contribution in [-0.4, -0.2) is 28.4 Å². The molecular formula is C20H20O5. The maximum absolute atomic E-state index is 12.8. The Kier molecular flexibility index (Phi) is 3.03. The van der Waals surface area contributed by atoms with Crippen LogP contribution in [0.4, 0.5) is 0 Å². The number of allylic oxidation sites excluding steroid dienone is 4. The van der Waals surface area contributed by atoms with Crippen LogP contribution in [0.25, 0.3) is 0 Å². The van der Waals surface area contributed by atoms with Gasteiger partial charge in [-0.1, -0.05) is 13.8 Å². The van der Waals surface area contributed by atoms with Gasteiger partial charge in [-0.2, -0.15) is 0 Å². The van der Waals surface area contributed by atoms with E-state index in [0.717, 1.165) is 11.1 Å². The first-order chi connectivity index (χ1) is 11.7. The van der Waals surface area contributed by atoms with Crippen LogP contribution in [0, 0.1) is 0 Å². The fourth-order valence-electron chi connectivity index (χ4n) is 4.46. The lowest BCUT2D eigenvalue weighted by Gasteiger charge is -2.41. The minimum Gasteiger partial charge on any atom is -0.507 e. The molecule has 0 aromatic heterocycles. The van der Waals surface area contributed by atoms with E-state index in [-0.39, 0.29) is 46.7 Å². The van der Waals surface area contributed by atoms with E-state index in [4.69, 9.17) is 4.74 Å². The number of carbonyl (C=O) groups excluding carboxylic acids is 2. The molecule has 1 heterocycles. The smallest absolute Gasteiger partial charge is 0.190 e. The Morgan fingerprint density at radius 2 is 1.84 bits per heavy atom. The van der Waals surface area contributed by atoms with E-state index >= 15 is 0 Å². The van der Waals surface area contributed by atoms with E-state index in [1.165, 1.54) is 6.08 Å². The number of benzene rings is 1. The van der Waals surface area contributed by atoms with Crippen molar-refractivity contribution in [2.45, 2.75) is 45.4 Å². The lowest BCUT2D eigenvalue weighted by atomic mass is 9.60. The lowest BCUT2D eigenvalue weighted by Crippen LogP contribution is -2.38. The average Bonchev–Trinajstić information content (AvgIpc) is 2.94. The van der Waals surface area contributed by atoms with Crippen molar-refractivity contribution in [3.05, 3.63) is 39.5 Å². The summed E-state index contributed by atoms with van der Waals surface area (Å²) in [5.74, 6) is -0.520. The Bertz CT molecular complexity index is 934. The highest BCUT2D eigenvalue weighted by Crippen LogP contribution is 2.58. The lowest BCUT2D eigenvalue weighted by molar-refractivity contribution is -0.116. The summed E-state index contributed by atoms with van der Waals surface area (Å²) in [6.07, 6.45) is 1.64. The Morgan fingerprint density at radius 1 is 1.16 bits per heavy atom. The van der Waals surface area contributed by atoms with Gasteiger partial charge in [-0.05, 0) is 36.6 Å². The van der Waals surface area contributed by atoms with Gasteiger partial charge in [0.25, 0.3) is 0 Å². The van der Waals surface area contributed by atoms with Crippen molar-refractivity contribution in [2.75, 3.05) is 6.61 Å². The van der Waals surface area contributed by atoms with Crippen LogP contribution in [0.3, 0.4) is 0 Å². The summed E-state index contributed by atoms with van der Waals surface area (Å²) in [5, 5.41) is 21.7. The topological polar surface area (TPSA) is 83.8 Å². The molecule has 0 fully saturated rings. The molecular weight excluding hydrogens is 320 g/mol. The van der Waals surface area contributed by atoms with Crippen molar-refractivity contribution in [3.8, 4) is 17.2 Å². The van der Waals surface area contributed by atoms with Crippen molar-refractivity contribution in [1.29, 1.82) is 0 Å². The largest absolute Gasteiger partial charge is 0.507 e. The fourth-order valence-corrected chi connectivity index (χ4v) is 4.46. The standard InChI is InChI=1S/C20H20O5/c1-8-7-25-19-14(8)17(23)15-12(21)5-11-9(2)10(3)13(22)6-20(11,4)16(15)18(19)24/h5,8,23-24H,6-7H2,1-4H3/t8-,20+/m0/s1. The number of Topliss-reactive ketones (excluding diaryl/α,β-unsaturated/α-hetero) is 1. The van der Waals surface area contributed by atoms with E-state index in [9.17, 15) is 19.8 Å². The number of carbonyl (C=O) groups is 2. The molecule has 25 heavy (non-hydrogen) atoms. The van der Waals surface area contributed by atoms with Crippen LogP contribution in [0.1, 0.15) is 61.5 Å². The summed E-state index contributed by atoms with van der Waals surface area (Å²) in [4.78, 5) is 25.3. The number of phenols is 2. The highest BCUT2D eigenvalue weighted by atomic mass is 16.5. The van der Waals surface area contributed by atoms with Gasteiger partial charge in [0.15, 0.2) is 23.1 Å². The van der Waals surface area contributed by atoms with E-state index in [0.29, 0.717) is 23.3 Å². The molecule has 2 N–H and O–H groups in total. The second kappa shape index (κ2) is 4.75. The van der Waals surface area contributed by atoms with Crippen LogP contribution in [0.15, 0.2) is 22.8 Å². The number of hydrogen-bond acceptors (Lipinski definition) is 5. The molecule has 2 aliphatic carbocycles. The van der Waals surface area contributed by atoms with Gasteiger partial charge in [0.05, 0.1) is 12.2 Å². The summed E-state index contributed by atoms with van der Waals surface area (Å²) >= 11 is 0. The number of rotatable bonds is 0. The first kappa shape index (κ1) is 15.9. The van der Waals surface area contributed by atoms with Crippen molar-refractivity contribution in [1.82, 2.24) is 0 Å². The molecule has 3 aliphatic rings. The molecule has 5 nitrogen and oxygen atoms in total. The second-order valence-electron chi connectivity index (χ2n) is 7.51. The predicted octanol–water partition coefficient (Wildman–Crippen LogP) is 3.28. The van der Waals surface area contributed by atoms with E-state index in [1.807, 2.05) is 20.8 Å². The molecule has 0 unspecified atom stereocenters. The van der Waals surface area contributed by atoms with Gasteiger partial charge in [-0.3, -0.25) is 9.59 Å². The summed E-state index contributed by atoms with van der Waals surface area (Å²) in [6, 6.07) is 0. The Balaban J connectivity index is 2.11. The van der Waals surface area contributed by atoms with Crippen molar-refractivity contribution in [2.24, 2.45) is 0 Å². The van der Waals surface area contributed by atoms with Gasteiger partial charge in [-0.15, -0.1) is 0 Å². The van der Waals surface area contributed by atoms with E-state index < -0.39 is 5.41 Å². The number of ketones is 2. The third kappa shape index (κ3) is 1.78. The van der Waals surface area contributed by atoms with Crippen molar-refractivity contribution >= 4 is 11.6 Å². The molecule has 0 radical (unpaired) electrons. The van der Waals surface area contributed by atoms with Crippen LogP contribution in [0.2, 0.25) is 0 Å². The monoisotopic (exact) mass is 340 g/mol.